The first-order valence-corrected chi connectivity index (χ1v) is 6.28. The molecule has 1 heterocycles. The summed E-state index contributed by atoms with van der Waals surface area (Å²) in [6, 6.07) is 3.47. The van der Waals surface area contributed by atoms with E-state index in [-0.39, 0.29) is 5.84 Å². The molecule has 0 saturated heterocycles. The summed E-state index contributed by atoms with van der Waals surface area (Å²) in [5.41, 5.74) is 6.99. The van der Waals surface area contributed by atoms with Crippen molar-refractivity contribution >= 4 is 5.84 Å². The Balaban J connectivity index is 2.05. The largest absolute Gasteiger partial charge is 0.477 e. The lowest BCUT2D eigenvalue weighted by Crippen LogP contribution is -2.15. The van der Waals surface area contributed by atoms with Crippen LogP contribution in [0, 0.1) is 12.8 Å². The number of hydrogen-bond acceptors (Lipinski definition) is 4. The first-order chi connectivity index (χ1) is 8.69. The van der Waals surface area contributed by atoms with Crippen LogP contribution in [-0.4, -0.2) is 22.6 Å². The average molecular weight is 249 g/mol. The number of oxime groups is 1. The van der Waals surface area contributed by atoms with Crippen LogP contribution in [0.25, 0.3) is 0 Å². The Morgan fingerprint density at radius 3 is 2.89 bits per heavy atom. The van der Waals surface area contributed by atoms with Crippen LogP contribution in [0.4, 0.5) is 0 Å². The molecule has 0 aromatic carbocycles. The van der Waals surface area contributed by atoms with Crippen LogP contribution in [0.3, 0.4) is 0 Å². The fourth-order valence-corrected chi connectivity index (χ4v) is 2.30. The van der Waals surface area contributed by atoms with E-state index in [1.807, 2.05) is 6.92 Å². The van der Waals surface area contributed by atoms with Gasteiger partial charge in [0.15, 0.2) is 5.84 Å². The van der Waals surface area contributed by atoms with Gasteiger partial charge in [-0.2, -0.15) is 0 Å². The number of pyridine rings is 1. The second-order valence-electron chi connectivity index (χ2n) is 4.78. The zero-order valence-corrected chi connectivity index (χ0v) is 10.6. The predicted molar refractivity (Wildman–Crippen MR) is 68.9 cm³/mol. The van der Waals surface area contributed by atoms with Crippen molar-refractivity contribution in [2.45, 2.75) is 32.6 Å². The lowest BCUT2D eigenvalue weighted by Gasteiger charge is -2.11. The number of aromatic nitrogens is 1. The molecule has 0 spiro atoms. The standard InChI is InChI=1S/C13H19N3O2/c1-9-6-11(13(14)16-17)7-12(15-9)18-8-10-4-2-3-5-10/h6-7,10,17H,2-5,8H2,1H3,(H2,14,16). The minimum absolute atomic E-state index is 0.0752. The number of rotatable bonds is 4. The van der Waals surface area contributed by atoms with Gasteiger partial charge in [0, 0.05) is 17.3 Å². The maximum absolute atomic E-state index is 8.67. The normalized spacial score (nSPS) is 17.1. The maximum Gasteiger partial charge on any atom is 0.214 e. The molecule has 0 aliphatic heterocycles. The third-order valence-electron chi connectivity index (χ3n) is 3.28. The molecule has 0 radical (unpaired) electrons. The summed E-state index contributed by atoms with van der Waals surface area (Å²) in [7, 11) is 0. The van der Waals surface area contributed by atoms with Gasteiger partial charge in [-0.25, -0.2) is 4.98 Å². The average Bonchev–Trinajstić information content (AvgIpc) is 2.88. The van der Waals surface area contributed by atoms with Crippen molar-refractivity contribution in [3.05, 3.63) is 23.4 Å². The van der Waals surface area contributed by atoms with Crippen molar-refractivity contribution in [3.8, 4) is 5.88 Å². The highest BCUT2D eigenvalue weighted by Gasteiger charge is 2.16. The highest BCUT2D eigenvalue weighted by Crippen LogP contribution is 2.25. The topological polar surface area (TPSA) is 80.7 Å². The smallest absolute Gasteiger partial charge is 0.214 e. The number of ether oxygens (including phenoxy) is 1. The van der Waals surface area contributed by atoms with Crippen molar-refractivity contribution in [2.24, 2.45) is 16.8 Å². The molecule has 0 atom stereocenters. The molecule has 0 bridgehead atoms. The summed E-state index contributed by atoms with van der Waals surface area (Å²) in [4.78, 5) is 4.30. The molecule has 98 valence electrons. The van der Waals surface area contributed by atoms with Crippen LogP contribution in [0.5, 0.6) is 5.88 Å². The molecule has 1 aromatic heterocycles. The van der Waals surface area contributed by atoms with Gasteiger partial charge in [-0.05, 0) is 31.7 Å². The Bertz CT molecular complexity index is 440. The zero-order chi connectivity index (χ0) is 13.0. The van der Waals surface area contributed by atoms with E-state index in [0.717, 1.165) is 5.69 Å². The third-order valence-corrected chi connectivity index (χ3v) is 3.28. The van der Waals surface area contributed by atoms with E-state index in [0.29, 0.717) is 24.0 Å². The summed E-state index contributed by atoms with van der Waals surface area (Å²) < 4.78 is 5.70. The minimum atomic E-state index is 0.0752. The van der Waals surface area contributed by atoms with Gasteiger partial charge in [-0.15, -0.1) is 0 Å². The molecule has 1 saturated carbocycles. The number of hydrogen-bond donors (Lipinski definition) is 2. The molecule has 2 rings (SSSR count). The molecular formula is C13H19N3O2. The van der Waals surface area contributed by atoms with Crippen LogP contribution < -0.4 is 10.5 Å². The molecular weight excluding hydrogens is 230 g/mol. The van der Waals surface area contributed by atoms with Crippen LogP contribution in [0.15, 0.2) is 17.3 Å². The highest BCUT2D eigenvalue weighted by atomic mass is 16.5. The van der Waals surface area contributed by atoms with E-state index in [1.165, 1.54) is 25.7 Å². The lowest BCUT2D eigenvalue weighted by atomic mass is 10.1. The molecule has 5 nitrogen and oxygen atoms in total. The fraction of sp³-hybridized carbons (Fsp3) is 0.538. The Morgan fingerprint density at radius 1 is 1.50 bits per heavy atom. The quantitative estimate of drug-likeness (QED) is 0.370. The first kappa shape index (κ1) is 12.7. The summed E-state index contributed by atoms with van der Waals surface area (Å²) in [5, 5.41) is 11.7. The summed E-state index contributed by atoms with van der Waals surface area (Å²) >= 11 is 0. The van der Waals surface area contributed by atoms with E-state index in [9.17, 15) is 0 Å². The third kappa shape index (κ3) is 3.12. The lowest BCUT2D eigenvalue weighted by molar-refractivity contribution is 0.243. The van der Waals surface area contributed by atoms with Gasteiger partial charge in [-0.1, -0.05) is 18.0 Å². The van der Waals surface area contributed by atoms with Crippen LogP contribution >= 0.6 is 0 Å². The molecule has 5 heteroatoms. The van der Waals surface area contributed by atoms with Crippen molar-refractivity contribution < 1.29 is 9.94 Å². The number of amidine groups is 1. The van der Waals surface area contributed by atoms with E-state index in [1.54, 1.807) is 12.1 Å². The molecule has 1 aromatic rings. The maximum atomic E-state index is 8.67. The van der Waals surface area contributed by atoms with E-state index in [2.05, 4.69) is 10.1 Å². The molecule has 1 aliphatic carbocycles. The number of nitrogens with zero attached hydrogens (tertiary/aromatic N) is 2. The molecule has 1 fully saturated rings. The molecule has 0 amide bonds. The van der Waals surface area contributed by atoms with Gasteiger partial charge in [0.1, 0.15) is 0 Å². The fourth-order valence-electron chi connectivity index (χ4n) is 2.30. The van der Waals surface area contributed by atoms with Crippen molar-refractivity contribution in [3.63, 3.8) is 0 Å². The molecule has 3 N–H and O–H groups in total. The Labute approximate surface area is 107 Å². The Hall–Kier alpha value is -1.78. The summed E-state index contributed by atoms with van der Waals surface area (Å²) in [6.07, 6.45) is 5.06. The Morgan fingerprint density at radius 2 is 2.22 bits per heavy atom. The SMILES string of the molecule is Cc1cc(/C(N)=N/O)cc(OCC2CCCC2)n1. The molecule has 0 unspecified atom stereocenters. The zero-order valence-electron chi connectivity index (χ0n) is 10.6. The van der Waals surface area contributed by atoms with Crippen LogP contribution in [0.1, 0.15) is 36.9 Å². The van der Waals surface area contributed by atoms with Crippen molar-refractivity contribution in [1.29, 1.82) is 0 Å². The van der Waals surface area contributed by atoms with Crippen LogP contribution in [-0.2, 0) is 0 Å². The molecule has 18 heavy (non-hydrogen) atoms. The van der Waals surface area contributed by atoms with E-state index < -0.39 is 0 Å². The predicted octanol–water partition coefficient (Wildman–Crippen LogP) is 2.05. The van der Waals surface area contributed by atoms with Gasteiger partial charge in [0.25, 0.3) is 0 Å². The number of aryl methyl sites for hydroxylation is 1. The van der Waals surface area contributed by atoms with Gasteiger partial charge in [0.2, 0.25) is 5.88 Å². The second-order valence-corrected chi connectivity index (χ2v) is 4.78. The Kier molecular flexibility index (Phi) is 4.02. The van der Waals surface area contributed by atoms with Gasteiger partial charge in [0.05, 0.1) is 6.61 Å². The van der Waals surface area contributed by atoms with Crippen molar-refractivity contribution in [2.75, 3.05) is 6.61 Å². The van der Waals surface area contributed by atoms with Gasteiger partial charge in [-0.3, -0.25) is 0 Å². The van der Waals surface area contributed by atoms with Crippen LogP contribution in [0.2, 0.25) is 0 Å². The van der Waals surface area contributed by atoms with Gasteiger partial charge < -0.3 is 15.7 Å². The van der Waals surface area contributed by atoms with Crippen molar-refractivity contribution in [1.82, 2.24) is 4.98 Å². The highest BCUT2D eigenvalue weighted by molar-refractivity contribution is 5.97. The summed E-state index contributed by atoms with van der Waals surface area (Å²) in [6.45, 7) is 2.56. The van der Waals surface area contributed by atoms with E-state index >= 15 is 0 Å². The molecule has 1 aliphatic rings. The monoisotopic (exact) mass is 249 g/mol. The van der Waals surface area contributed by atoms with Gasteiger partial charge >= 0.3 is 0 Å². The van der Waals surface area contributed by atoms with E-state index in [4.69, 9.17) is 15.7 Å². The second kappa shape index (κ2) is 5.71. The number of nitrogens with two attached hydrogens (primary N) is 1. The summed E-state index contributed by atoms with van der Waals surface area (Å²) in [5.74, 6) is 1.26. The minimum Gasteiger partial charge on any atom is -0.477 e. The first-order valence-electron chi connectivity index (χ1n) is 6.28.